The summed E-state index contributed by atoms with van der Waals surface area (Å²) in [6, 6.07) is 4.64. The topological polar surface area (TPSA) is 95.9 Å². The Morgan fingerprint density at radius 3 is 2.88 bits per heavy atom. The highest BCUT2D eigenvalue weighted by molar-refractivity contribution is 5.88. The summed E-state index contributed by atoms with van der Waals surface area (Å²) in [5, 5.41) is 14.7. The Balaban J connectivity index is 2.57. The molecule has 0 amide bonds. The summed E-state index contributed by atoms with van der Waals surface area (Å²) in [5.41, 5.74) is -0.0552. The Morgan fingerprint density at radius 2 is 2.25 bits per heavy atom. The molecule has 6 nitrogen and oxygen atoms in total. The fourth-order valence-corrected chi connectivity index (χ4v) is 1.23. The van der Waals surface area contributed by atoms with Crippen molar-refractivity contribution in [2.24, 2.45) is 0 Å². The Kier molecular flexibility index (Phi) is 2.47. The van der Waals surface area contributed by atoms with E-state index in [1.807, 2.05) is 0 Å². The summed E-state index contributed by atoms with van der Waals surface area (Å²) in [5.74, 6) is -1.28. The third kappa shape index (κ3) is 1.81. The molecular weight excluding hydrogens is 210 g/mol. The molecule has 80 valence electrons. The minimum atomic E-state index is -1.28. The van der Waals surface area contributed by atoms with Gasteiger partial charge >= 0.3 is 5.97 Å². The van der Waals surface area contributed by atoms with E-state index < -0.39 is 11.5 Å². The molecule has 2 aromatic rings. The largest absolute Gasteiger partial charge is 0.477 e. The normalized spacial score (nSPS) is 10.0. The quantitative estimate of drug-likeness (QED) is 0.764. The van der Waals surface area contributed by atoms with Gasteiger partial charge in [0, 0.05) is 18.0 Å². The van der Waals surface area contributed by atoms with Crippen LogP contribution < -0.4 is 5.56 Å². The van der Waals surface area contributed by atoms with Crippen LogP contribution in [0, 0.1) is 0 Å². The van der Waals surface area contributed by atoms with Crippen molar-refractivity contribution < 1.29 is 9.90 Å². The van der Waals surface area contributed by atoms with Crippen LogP contribution in [0.2, 0.25) is 0 Å². The monoisotopic (exact) mass is 217 g/mol. The predicted molar refractivity (Wildman–Crippen MR) is 55.0 cm³/mol. The summed E-state index contributed by atoms with van der Waals surface area (Å²) >= 11 is 0. The number of aromatic nitrogens is 3. The molecule has 2 heterocycles. The van der Waals surface area contributed by atoms with Gasteiger partial charge in [0.25, 0.3) is 5.56 Å². The summed E-state index contributed by atoms with van der Waals surface area (Å²) in [4.78, 5) is 25.8. The van der Waals surface area contributed by atoms with Gasteiger partial charge < -0.3 is 5.11 Å². The fourth-order valence-electron chi connectivity index (χ4n) is 1.23. The molecule has 0 aliphatic rings. The van der Waals surface area contributed by atoms with Crippen molar-refractivity contribution in [2.45, 2.75) is 0 Å². The van der Waals surface area contributed by atoms with Gasteiger partial charge in [-0.1, -0.05) is 0 Å². The van der Waals surface area contributed by atoms with Gasteiger partial charge in [0.05, 0.1) is 5.69 Å². The first-order chi connectivity index (χ1) is 7.68. The summed E-state index contributed by atoms with van der Waals surface area (Å²) in [6.07, 6.45) is 3.12. The third-order valence-electron chi connectivity index (χ3n) is 1.99. The molecule has 0 atom stereocenters. The highest BCUT2D eigenvalue weighted by Gasteiger charge is 2.11. The van der Waals surface area contributed by atoms with Crippen molar-refractivity contribution in [3.63, 3.8) is 0 Å². The molecule has 0 saturated heterocycles. The second-order valence-electron chi connectivity index (χ2n) is 3.04. The average Bonchev–Trinajstić information content (AvgIpc) is 2.30. The van der Waals surface area contributed by atoms with Crippen LogP contribution in [-0.2, 0) is 0 Å². The molecule has 2 rings (SSSR count). The zero-order valence-electron chi connectivity index (χ0n) is 8.04. The zero-order chi connectivity index (χ0) is 11.5. The van der Waals surface area contributed by atoms with E-state index in [4.69, 9.17) is 5.11 Å². The van der Waals surface area contributed by atoms with Crippen LogP contribution in [0.4, 0.5) is 0 Å². The Labute approximate surface area is 89.6 Å². The van der Waals surface area contributed by atoms with Crippen molar-refractivity contribution in [1.29, 1.82) is 0 Å². The number of carboxylic acids is 1. The van der Waals surface area contributed by atoms with Crippen molar-refractivity contribution in [3.8, 4) is 11.3 Å². The number of pyridine rings is 1. The van der Waals surface area contributed by atoms with Crippen LogP contribution in [-0.4, -0.2) is 26.3 Å². The Hall–Kier alpha value is -2.50. The second kappa shape index (κ2) is 3.93. The highest BCUT2D eigenvalue weighted by atomic mass is 16.4. The van der Waals surface area contributed by atoms with E-state index >= 15 is 0 Å². The molecule has 0 aliphatic carbocycles. The molecular formula is C10H7N3O3. The number of rotatable bonds is 2. The van der Waals surface area contributed by atoms with Gasteiger partial charge in [0.2, 0.25) is 0 Å². The standard InChI is InChI=1S/C10H7N3O3/c14-9-7(10(15)16)4-8(12-13-9)6-2-1-3-11-5-6/h1-5H,(H,13,14)(H,15,16). The van der Waals surface area contributed by atoms with E-state index in [9.17, 15) is 9.59 Å². The predicted octanol–water partition coefficient (Wildman–Crippen LogP) is 0.530. The molecule has 6 heteroatoms. The summed E-state index contributed by atoms with van der Waals surface area (Å²) in [7, 11) is 0. The smallest absolute Gasteiger partial charge is 0.341 e. The van der Waals surface area contributed by atoms with Crippen molar-refractivity contribution in [2.75, 3.05) is 0 Å². The maximum absolute atomic E-state index is 11.1. The van der Waals surface area contributed by atoms with Gasteiger partial charge in [-0.15, -0.1) is 0 Å². The molecule has 2 aromatic heterocycles. The molecule has 0 spiro atoms. The van der Waals surface area contributed by atoms with Gasteiger partial charge in [0.15, 0.2) is 0 Å². The Bertz CT molecular complexity index is 577. The van der Waals surface area contributed by atoms with Gasteiger partial charge in [-0.2, -0.15) is 5.10 Å². The maximum atomic E-state index is 11.1. The number of aromatic amines is 1. The number of nitrogens with zero attached hydrogens (tertiary/aromatic N) is 2. The van der Waals surface area contributed by atoms with E-state index in [-0.39, 0.29) is 5.56 Å². The SMILES string of the molecule is O=C(O)c1cc(-c2cccnc2)n[nH]c1=O. The van der Waals surface area contributed by atoms with Crippen LogP contribution in [0.25, 0.3) is 11.3 Å². The number of hydrogen-bond donors (Lipinski definition) is 2. The molecule has 0 radical (unpaired) electrons. The molecule has 0 unspecified atom stereocenters. The molecule has 0 bridgehead atoms. The number of H-pyrrole nitrogens is 1. The molecule has 0 aliphatic heterocycles. The maximum Gasteiger partial charge on any atom is 0.341 e. The molecule has 2 N–H and O–H groups in total. The van der Waals surface area contributed by atoms with E-state index in [1.54, 1.807) is 18.3 Å². The van der Waals surface area contributed by atoms with Gasteiger partial charge in [0.1, 0.15) is 5.56 Å². The zero-order valence-corrected chi connectivity index (χ0v) is 8.04. The van der Waals surface area contributed by atoms with Gasteiger partial charge in [-0.25, -0.2) is 9.89 Å². The lowest BCUT2D eigenvalue weighted by molar-refractivity contribution is 0.0694. The van der Waals surface area contributed by atoms with Crippen molar-refractivity contribution in [1.82, 2.24) is 15.2 Å². The minimum absolute atomic E-state index is 0.339. The van der Waals surface area contributed by atoms with Gasteiger partial charge in [-0.05, 0) is 18.2 Å². The molecule has 16 heavy (non-hydrogen) atoms. The minimum Gasteiger partial charge on any atom is -0.477 e. The molecule has 0 saturated carbocycles. The van der Waals surface area contributed by atoms with E-state index in [1.165, 1.54) is 12.3 Å². The lowest BCUT2D eigenvalue weighted by Gasteiger charge is -1.99. The second-order valence-corrected chi connectivity index (χ2v) is 3.04. The highest BCUT2D eigenvalue weighted by Crippen LogP contribution is 2.13. The van der Waals surface area contributed by atoms with Crippen LogP contribution in [0.15, 0.2) is 35.4 Å². The number of carbonyl (C=O) groups is 1. The fraction of sp³-hybridized carbons (Fsp3) is 0. The number of nitrogens with one attached hydrogen (secondary N) is 1. The van der Waals surface area contributed by atoms with E-state index in [0.29, 0.717) is 11.3 Å². The Morgan fingerprint density at radius 1 is 1.44 bits per heavy atom. The van der Waals surface area contributed by atoms with Crippen molar-refractivity contribution in [3.05, 3.63) is 46.5 Å². The third-order valence-corrected chi connectivity index (χ3v) is 1.99. The molecule has 0 fully saturated rings. The van der Waals surface area contributed by atoms with E-state index in [0.717, 1.165) is 0 Å². The van der Waals surface area contributed by atoms with Crippen molar-refractivity contribution >= 4 is 5.97 Å². The first kappa shape index (κ1) is 10.0. The number of aromatic carboxylic acids is 1. The summed E-state index contributed by atoms with van der Waals surface area (Å²) < 4.78 is 0. The first-order valence-electron chi connectivity index (χ1n) is 4.42. The van der Waals surface area contributed by atoms with E-state index in [2.05, 4.69) is 15.2 Å². The number of carboxylic acid groups (broad SMARTS) is 1. The summed E-state index contributed by atoms with van der Waals surface area (Å²) in [6.45, 7) is 0. The lowest BCUT2D eigenvalue weighted by Crippen LogP contribution is -2.18. The van der Waals surface area contributed by atoms with Crippen LogP contribution in [0.1, 0.15) is 10.4 Å². The van der Waals surface area contributed by atoms with Crippen LogP contribution in [0.5, 0.6) is 0 Å². The first-order valence-corrected chi connectivity index (χ1v) is 4.42. The van der Waals surface area contributed by atoms with Crippen LogP contribution in [0.3, 0.4) is 0 Å². The average molecular weight is 217 g/mol. The lowest BCUT2D eigenvalue weighted by atomic mass is 10.1. The van der Waals surface area contributed by atoms with Gasteiger partial charge in [-0.3, -0.25) is 9.78 Å². The van der Waals surface area contributed by atoms with Crippen LogP contribution >= 0.6 is 0 Å². The number of hydrogen-bond acceptors (Lipinski definition) is 4. The molecule has 0 aromatic carbocycles.